The molecule has 2 N–H and O–H groups in total. The molecule has 0 spiro atoms. The second kappa shape index (κ2) is 6.96. The van der Waals surface area contributed by atoms with Crippen LogP contribution in [0.5, 0.6) is 11.5 Å². The molecule has 2 rings (SSSR count). The molecule has 2 aromatic carbocycles. The standard InChI is InChI=1S/C17H21NO2/c1-13(16-5-3-4-6-17(16)19)18-12-11-14-7-9-15(20-2)10-8-14/h3-10,13,18-19H,11-12H2,1-2H3. The molecule has 0 fully saturated rings. The topological polar surface area (TPSA) is 41.5 Å². The van der Waals surface area contributed by atoms with Gasteiger partial charge in [-0.05, 0) is 43.7 Å². The van der Waals surface area contributed by atoms with Crippen molar-refractivity contribution in [2.45, 2.75) is 19.4 Å². The number of para-hydroxylation sites is 1. The minimum atomic E-state index is 0.134. The molecule has 1 atom stereocenters. The number of benzene rings is 2. The van der Waals surface area contributed by atoms with Crippen LogP contribution in [0, 0.1) is 0 Å². The molecule has 0 aliphatic carbocycles. The van der Waals surface area contributed by atoms with E-state index in [9.17, 15) is 5.11 Å². The monoisotopic (exact) mass is 271 g/mol. The maximum Gasteiger partial charge on any atom is 0.120 e. The highest BCUT2D eigenvalue weighted by molar-refractivity contribution is 5.34. The number of ether oxygens (including phenoxy) is 1. The molecule has 0 bridgehead atoms. The third-order valence-corrected chi connectivity index (χ3v) is 3.43. The Bertz CT molecular complexity index is 537. The molecule has 0 amide bonds. The zero-order chi connectivity index (χ0) is 14.4. The molecule has 3 heteroatoms. The van der Waals surface area contributed by atoms with Gasteiger partial charge < -0.3 is 15.2 Å². The fourth-order valence-electron chi connectivity index (χ4n) is 2.19. The van der Waals surface area contributed by atoms with Crippen LogP contribution in [0.3, 0.4) is 0 Å². The predicted octanol–water partition coefficient (Wildman–Crippen LogP) is 3.29. The van der Waals surface area contributed by atoms with Gasteiger partial charge in [0.2, 0.25) is 0 Å². The van der Waals surface area contributed by atoms with E-state index < -0.39 is 0 Å². The van der Waals surface area contributed by atoms with E-state index in [4.69, 9.17) is 4.74 Å². The minimum Gasteiger partial charge on any atom is -0.508 e. The first-order valence-electron chi connectivity index (χ1n) is 6.85. The summed E-state index contributed by atoms with van der Waals surface area (Å²) >= 11 is 0. The predicted molar refractivity (Wildman–Crippen MR) is 81.2 cm³/mol. The number of phenolic OH excluding ortho intramolecular Hbond substituents is 1. The summed E-state index contributed by atoms with van der Waals surface area (Å²) in [6.45, 7) is 2.92. The van der Waals surface area contributed by atoms with Crippen LogP contribution < -0.4 is 10.1 Å². The molecular weight excluding hydrogens is 250 g/mol. The van der Waals surface area contributed by atoms with E-state index in [1.54, 1.807) is 13.2 Å². The van der Waals surface area contributed by atoms with Crippen LogP contribution in [0.2, 0.25) is 0 Å². The minimum absolute atomic E-state index is 0.134. The van der Waals surface area contributed by atoms with Crippen molar-refractivity contribution in [3.05, 3.63) is 59.7 Å². The Hall–Kier alpha value is -2.00. The molecule has 0 aliphatic heterocycles. The normalized spacial score (nSPS) is 12.1. The number of rotatable bonds is 6. The van der Waals surface area contributed by atoms with Crippen LogP contribution >= 0.6 is 0 Å². The van der Waals surface area contributed by atoms with E-state index in [2.05, 4.69) is 24.4 Å². The largest absolute Gasteiger partial charge is 0.508 e. The van der Waals surface area contributed by atoms with E-state index in [1.807, 2.05) is 30.3 Å². The van der Waals surface area contributed by atoms with Gasteiger partial charge in [0.15, 0.2) is 0 Å². The third-order valence-electron chi connectivity index (χ3n) is 3.43. The molecule has 20 heavy (non-hydrogen) atoms. The van der Waals surface area contributed by atoms with Crippen molar-refractivity contribution >= 4 is 0 Å². The maximum atomic E-state index is 9.80. The van der Waals surface area contributed by atoms with Crippen molar-refractivity contribution in [3.8, 4) is 11.5 Å². The molecular formula is C17H21NO2. The zero-order valence-corrected chi connectivity index (χ0v) is 12.0. The lowest BCUT2D eigenvalue weighted by Gasteiger charge is -2.15. The molecule has 3 nitrogen and oxygen atoms in total. The average Bonchev–Trinajstić information content (AvgIpc) is 2.48. The Morgan fingerprint density at radius 2 is 1.80 bits per heavy atom. The molecule has 0 saturated heterocycles. The molecule has 1 unspecified atom stereocenters. The molecule has 0 radical (unpaired) electrons. The maximum absolute atomic E-state index is 9.80. The van der Waals surface area contributed by atoms with Crippen molar-refractivity contribution < 1.29 is 9.84 Å². The van der Waals surface area contributed by atoms with Gasteiger partial charge in [0.1, 0.15) is 11.5 Å². The lowest BCUT2D eigenvalue weighted by Crippen LogP contribution is -2.21. The third kappa shape index (κ3) is 3.75. The average molecular weight is 271 g/mol. The summed E-state index contributed by atoms with van der Waals surface area (Å²) in [5.41, 5.74) is 2.20. The van der Waals surface area contributed by atoms with Gasteiger partial charge >= 0.3 is 0 Å². The van der Waals surface area contributed by atoms with Crippen molar-refractivity contribution in [1.82, 2.24) is 5.32 Å². The molecule has 2 aromatic rings. The number of aromatic hydroxyl groups is 1. The Kier molecular flexibility index (Phi) is 5.02. The van der Waals surface area contributed by atoms with Crippen molar-refractivity contribution in [3.63, 3.8) is 0 Å². The highest BCUT2D eigenvalue weighted by Crippen LogP contribution is 2.22. The van der Waals surface area contributed by atoms with Crippen molar-refractivity contribution in [2.75, 3.05) is 13.7 Å². The van der Waals surface area contributed by atoms with E-state index in [0.29, 0.717) is 5.75 Å². The van der Waals surface area contributed by atoms with Gasteiger partial charge in [-0.25, -0.2) is 0 Å². The number of hydrogen-bond acceptors (Lipinski definition) is 3. The Morgan fingerprint density at radius 1 is 1.10 bits per heavy atom. The number of nitrogens with one attached hydrogen (secondary N) is 1. The summed E-state index contributed by atoms with van der Waals surface area (Å²) in [4.78, 5) is 0. The first-order valence-corrected chi connectivity index (χ1v) is 6.85. The highest BCUT2D eigenvalue weighted by atomic mass is 16.5. The lowest BCUT2D eigenvalue weighted by atomic mass is 10.1. The smallest absolute Gasteiger partial charge is 0.120 e. The van der Waals surface area contributed by atoms with E-state index >= 15 is 0 Å². The number of phenols is 1. The van der Waals surface area contributed by atoms with Crippen LogP contribution in [0.15, 0.2) is 48.5 Å². The SMILES string of the molecule is COc1ccc(CCNC(C)c2ccccc2O)cc1. The number of methoxy groups -OCH3 is 1. The van der Waals surface area contributed by atoms with Crippen LogP contribution in [-0.4, -0.2) is 18.8 Å². The quantitative estimate of drug-likeness (QED) is 0.847. The van der Waals surface area contributed by atoms with Gasteiger partial charge in [0.05, 0.1) is 7.11 Å². The van der Waals surface area contributed by atoms with Gasteiger partial charge in [-0.2, -0.15) is 0 Å². The first kappa shape index (κ1) is 14.4. The van der Waals surface area contributed by atoms with Crippen LogP contribution in [0.1, 0.15) is 24.1 Å². The van der Waals surface area contributed by atoms with Crippen LogP contribution in [0.4, 0.5) is 0 Å². The van der Waals surface area contributed by atoms with Crippen molar-refractivity contribution in [1.29, 1.82) is 0 Å². The van der Waals surface area contributed by atoms with E-state index in [0.717, 1.165) is 24.3 Å². The van der Waals surface area contributed by atoms with Gasteiger partial charge in [-0.1, -0.05) is 30.3 Å². The van der Waals surface area contributed by atoms with Gasteiger partial charge in [0.25, 0.3) is 0 Å². The van der Waals surface area contributed by atoms with Crippen LogP contribution in [-0.2, 0) is 6.42 Å². The van der Waals surface area contributed by atoms with E-state index in [-0.39, 0.29) is 6.04 Å². The Balaban J connectivity index is 1.84. The van der Waals surface area contributed by atoms with Crippen LogP contribution in [0.25, 0.3) is 0 Å². The zero-order valence-electron chi connectivity index (χ0n) is 12.0. The van der Waals surface area contributed by atoms with Crippen molar-refractivity contribution in [2.24, 2.45) is 0 Å². The fourth-order valence-corrected chi connectivity index (χ4v) is 2.19. The summed E-state index contributed by atoms with van der Waals surface area (Å²) in [7, 11) is 1.67. The molecule has 0 heterocycles. The molecule has 0 aliphatic rings. The summed E-state index contributed by atoms with van der Waals surface area (Å²) < 4.78 is 5.14. The molecule has 0 aromatic heterocycles. The summed E-state index contributed by atoms with van der Waals surface area (Å²) in [5, 5.41) is 13.2. The second-order valence-electron chi connectivity index (χ2n) is 4.83. The second-order valence-corrected chi connectivity index (χ2v) is 4.83. The molecule has 106 valence electrons. The highest BCUT2D eigenvalue weighted by Gasteiger charge is 2.08. The van der Waals surface area contributed by atoms with Gasteiger partial charge in [0, 0.05) is 11.6 Å². The Morgan fingerprint density at radius 3 is 2.45 bits per heavy atom. The fraction of sp³-hybridized carbons (Fsp3) is 0.294. The lowest BCUT2D eigenvalue weighted by molar-refractivity contribution is 0.414. The van der Waals surface area contributed by atoms with Gasteiger partial charge in [-0.3, -0.25) is 0 Å². The van der Waals surface area contributed by atoms with Gasteiger partial charge in [-0.15, -0.1) is 0 Å². The molecule has 0 saturated carbocycles. The van der Waals surface area contributed by atoms with E-state index in [1.165, 1.54) is 5.56 Å². The summed E-state index contributed by atoms with van der Waals surface area (Å²) in [6.07, 6.45) is 0.946. The summed E-state index contributed by atoms with van der Waals surface area (Å²) in [5.74, 6) is 1.22. The number of hydrogen-bond donors (Lipinski definition) is 2. The summed E-state index contributed by atoms with van der Waals surface area (Å²) in [6, 6.07) is 15.7. The Labute approximate surface area is 120 Å². The first-order chi connectivity index (χ1) is 9.70.